The van der Waals surface area contributed by atoms with E-state index in [2.05, 4.69) is 5.32 Å². The second-order valence-electron chi connectivity index (χ2n) is 4.00. The Morgan fingerprint density at radius 2 is 2.38 bits per heavy atom. The fraction of sp³-hybridized carbons (Fsp3) is 0.500. The van der Waals surface area contributed by atoms with Crippen LogP contribution in [0.5, 0.6) is 0 Å². The summed E-state index contributed by atoms with van der Waals surface area (Å²) < 4.78 is 13.5. The minimum atomic E-state index is -0.219. The van der Waals surface area contributed by atoms with Gasteiger partial charge in [-0.1, -0.05) is 17.7 Å². The van der Waals surface area contributed by atoms with E-state index in [4.69, 9.17) is 11.6 Å². The standard InChI is InChI=1S/C12H15ClFNS/c13-11-4-1-5-12(14)10(11)7-15-9-3-2-6-16-8-9/h1,4-5,9,15H,2-3,6-8H2. The fourth-order valence-corrected chi connectivity index (χ4v) is 3.19. The molecule has 0 aliphatic carbocycles. The first-order valence-corrected chi connectivity index (χ1v) is 7.04. The molecule has 1 aliphatic heterocycles. The van der Waals surface area contributed by atoms with Gasteiger partial charge in [-0.3, -0.25) is 0 Å². The molecule has 1 heterocycles. The normalized spacial score (nSPS) is 21.0. The third-order valence-electron chi connectivity index (χ3n) is 2.79. The fourth-order valence-electron chi connectivity index (χ4n) is 1.85. The minimum absolute atomic E-state index is 0.219. The molecule has 1 nitrogen and oxygen atoms in total. The second kappa shape index (κ2) is 5.89. The Hall–Kier alpha value is -0.250. The molecule has 0 aromatic heterocycles. The summed E-state index contributed by atoms with van der Waals surface area (Å²) in [6.45, 7) is 0.525. The van der Waals surface area contributed by atoms with Crippen molar-refractivity contribution in [2.45, 2.75) is 25.4 Å². The van der Waals surface area contributed by atoms with Gasteiger partial charge in [0.05, 0.1) is 0 Å². The highest BCUT2D eigenvalue weighted by atomic mass is 35.5. The van der Waals surface area contributed by atoms with Crippen molar-refractivity contribution in [3.05, 3.63) is 34.6 Å². The Morgan fingerprint density at radius 1 is 1.50 bits per heavy atom. The molecular formula is C12H15ClFNS. The van der Waals surface area contributed by atoms with E-state index in [0.717, 1.165) is 5.75 Å². The van der Waals surface area contributed by atoms with Gasteiger partial charge in [-0.05, 0) is 30.7 Å². The minimum Gasteiger partial charge on any atom is -0.309 e. The van der Waals surface area contributed by atoms with E-state index >= 15 is 0 Å². The van der Waals surface area contributed by atoms with Crippen molar-refractivity contribution in [3.63, 3.8) is 0 Å². The maximum Gasteiger partial charge on any atom is 0.129 e. The molecule has 1 unspecified atom stereocenters. The van der Waals surface area contributed by atoms with E-state index in [9.17, 15) is 4.39 Å². The summed E-state index contributed by atoms with van der Waals surface area (Å²) >= 11 is 7.92. The Bertz CT molecular complexity index is 333. The number of hydrogen-bond acceptors (Lipinski definition) is 2. The third kappa shape index (κ3) is 3.12. The van der Waals surface area contributed by atoms with E-state index in [0.29, 0.717) is 23.2 Å². The van der Waals surface area contributed by atoms with Crippen LogP contribution in [0.2, 0.25) is 5.02 Å². The summed E-state index contributed by atoms with van der Waals surface area (Å²) in [7, 11) is 0. The molecule has 1 aromatic carbocycles. The van der Waals surface area contributed by atoms with Gasteiger partial charge in [-0.2, -0.15) is 11.8 Å². The lowest BCUT2D eigenvalue weighted by Gasteiger charge is -2.22. The highest BCUT2D eigenvalue weighted by Gasteiger charge is 2.14. The highest BCUT2D eigenvalue weighted by Crippen LogP contribution is 2.21. The van der Waals surface area contributed by atoms with Gasteiger partial charge in [0.1, 0.15) is 5.82 Å². The van der Waals surface area contributed by atoms with Gasteiger partial charge >= 0.3 is 0 Å². The summed E-state index contributed by atoms with van der Waals surface area (Å²) in [5.41, 5.74) is 0.583. The Kier molecular flexibility index (Phi) is 4.50. The molecule has 0 spiro atoms. The van der Waals surface area contributed by atoms with Crippen molar-refractivity contribution in [2.24, 2.45) is 0 Å². The molecule has 0 saturated carbocycles. The van der Waals surface area contributed by atoms with Gasteiger partial charge in [-0.15, -0.1) is 0 Å². The molecule has 1 atom stereocenters. The largest absolute Gasteiger partial charge is 0.309 e. The first-order valence-electron chi connectivity index (χ1n) is 5.51. The lowest BCUT2D eigenvalue weighted by Crippen LogP contribution is -2.33. The smallest absolute Gasteiger partial charge is 0.129 e. The first kappa shape index (κ1) is 12.2. The summed E-state index contributed by atoms with van der Waals surface area (Å²) in [6.07, 6.45) is 2.42. The summed E-state index contributed by atoms with van der Waals surface area (Å²) in [6, 6.07) is 5.32. The van der Waals surface area contributed by atoms with Crippen molar-refractivity contribution in [1.29, 1.82) is 0 Å². The van der Waals surface area contributed by atoms with Crippen molar-refractivity contribution >= 4 is 23.4 Å². The molecule has 0 bridgehead atoms. The number of nitrogens with one attached hydrogen (secondary N) is 1. The number of hydrogen-bond donors (Lipinski definition) is 1. The lowest BCUT2D eigenvalue weighted by molar-refractivity contribution is 0.496. The molecule has 88 valence electrons. The molecule has 0 radical (unpaired) electrons. The van der Waals surface area contributed by atoms with Crippen molar-refractivity contribution < 1.29 is 4.39 Å². The number of thioether (sulfide) groups is 1. The number of rotatable bonds is 3. The topological polar surface area (TPSA) is 12.0 Å². The molecule has 0 amide bonds. The average molecular weight is 260 g/mol. The summed E-state index contributed by atoms with van der Waals surface area (Å²) in [4.78, 5) is 0. The first-order chi connectivity index (χ1) is 7.77. The van der Waals surface area contributed by atoms with Crippen LogP contribution in [0.4, 0.5) is 4.39 Å². The zero-order chi connectivity index (χ0) is 11.4. The second-order valence-corrected chi connectivity index (χ2v) is 5.55. The Morgan fingerprint density at radius 3 is 3.06 bits per heavy atom. The predicted molar refractivity (Wildman–Crippen MR) is 68.6 cm³/mol. The highest BCUT2D eigenvalue weighted by molar-refractivity contribution is 7.99. The number of benzene rings is 1. The molecule has 4 heteroatoms. The van der Waals surface area contributed by atoms with Crippen LogP contribution < -0.4 is 5.32 Å². The maximum absolute atomic E-state index is 13.5. The molecule has 1 aromatic rings. The molecule has 1 aliphatic rings. The Labute approximate surface area is 105 Å². The van der Waals surface area contributed by atoms with Gasteiger partial charge in [0.25, 0.3) is 0 Å². The van der Waals surface area contributed by atoms with Gasteiger partial charge in [-0.25, -0.2) is 4.39 Å². The third-order valence-corrected chi connectivity index (χ3v) is 4.36. The van der Waals surface area contributed by atoms with Crippen molar-refractivity contribution in [2.75, 3.05) is 11.5 Å². The van der Waals surface area contributed by atoms with E-state index < -0.39 is 0 Å². The van der Waals surface area contributed by atoms with Gasteiger partial charge < -0.3 is 5.32 Å². The summed E-state index contributed by atoms with van der Waals surface area (Å²) in [5.74, 6) is 2.15. The van der Waals surface area contributed by atoms with Crippen LogP contribution in [-0.4, -0.2) is 17.5 Å². The van der Waals surface area contributed by atoms with Gasteiger partial charge in [0.15, 0.2) is 0 Å². The van der Waals surface area contributed by atoms with Crippen LogP contribution in [0.15, 0.2) is 18.2 Å². The quantitative estimate of drug-likeness (QED) is 0.892. The molecule has 2 rings (SSSR count). The SMILES string of the molecule is Fc1cccc(Cl)c1CNC1CCCSC1. The summed E-state index contributed by atoms with van der Waals surface area (Å²) in [5, 5.41) is 3.88. The van der Waals surface area contributed by atoms with Gasteiger partial charge in [0.2, 0.25) is 0 Å². The van der Waals surface area contributed by atoms with Crippen LogP contribution in [0.1, 0.15) is 18.4 Å². The zero-order valence-electron chi connectivity index (χ0n) is 9.01. The molecule has 16 heavy (non-hydrogen) atoms. The average Bonchev–Trinajstić information content (AvgIpc) is 2.30. The molecule has 1 N–H and O–H groups in total. The van der Waals surface area contributed by atoms with Crippen molar-refractivity contribution in [3.8, 4) is 0 Å². The molecular weight excluding hydrogens is 245 g/mol. The predicted octanol–water partition coefficient (Wildman–Crippen LogP) is 3.46. The van der Waals surface area contributed by atoms with Crippen molar-refractivity contribution in [1.82, 2.24) is 5.32 Å². The zero-order valence-corrected chi connectivity index (χ0v) is 10.6. The van der Waals surface area contributed by atoms with E-state index in [-0.39, 0.29) is 5.82 Å². The van der Waals surface area contributed by atoms with Crippen LogP contribution in [0.25, 0.3) is 0 Å². The molecule has 1 fully saturated rings. The van der Waals surface area contributed by atoms with E-state index in [1.165, 1.54) is 24.7 Å². The van der Waals surface area contributed by atoms with Gasteiger partial charge in [0, 0.05) is 28.9 Å². The van der Waals surface area contributed by atoms with E-state index in [1.807, 2.05) is 11.8 Å². The Balaban J connectivity index is 1.93. The van der Waals surface area contributed by atoms with Crippen LogP contribution in [-0.2, 0) is 6.54 Å². The van der Waals surface area contributed by atoms with Crippen LogP contribution in [0.3, 0.4) is 0 Å². The van der Waals surface area contributed by atoms with E-state index in [1.54, 1.807) is 12.1 Å². The lowest BCUT2D eigenvalue weighted by atomic mass is 10.1. The van der Waals surface area contributed by atoms with Crippen LogP contribution >= 0.6 is 23.4 Å². The van der Waals surface area contributed by atoms with Crippen LogP contribution in [0, 0.1) is 5.82 Å². The number of halogens is 2. The maximum atomic E-state index is 13.5. The monoisotopic (exact) mass is 259 g/mol. The molecule has 1 saturated heterocycles.